The fraction of sp³-hybridized carbons (Fsp3) is 0.500. The van der Waals surface area contributed by atoms with Crippen LogP contribution in [0.3, 0.4) is 0 Å². The predicted octanol–water partition coefficient (Wildman–Crippen LogP) is 0.399. The number of pyridine rings is 1. The fourth-order valence-electron chi connectivity index (χ4n) is 1.92. The summed E-state index contributed by atoms with van der Waals surface area (Å²) < 4.78 is 24.2. The van der Waals surface area contributed by atoms with Crippen molar-refractivity contribution in [2.24, 2.45) is 0 Å². The second-order valence-electron chi connectivity index (χ2n) is 4.20. The average Bonchev–Trinajstić information content (AvgIpc) is 2.31. The molecule has 2 rings (SSSR count). The number of nitrogens with two attached hydrogens (primary N) is 1. The number of hydrogen-bond acceptors (Lipinski definition) is 5. The van der Waals surface area contributed by atoms with E-state index in [0.29, 0.717) is 42.8 Å². The van der Waals surface area contributed by atoms with E-state index in [1.165, 1.54) is 10.6 Å². The summed E-state index contributed by atoms with van der Waals surface area (Å²) in [4.78, 5) is 6.13. The van der Waals surface area contributed by atoms with Gasteiger partial charge in [-0.3, -0.25) is 0 Å². The monoisotopic (exact) mass is 290 g/mol. The van der Waals surface area contributed by atoms with E-state index in [-0.39, 0.29) is 0 Å². The van der Waals surface area contributed by atoms with Crippen LogP contribution in [0.25, 0.3) is 0 Å². The molecule has 100 valence electrons. The normalized spacial score (nSPS) is 18.0. The van der Waals surface area contributed by atoms with Gasteiger partial charge >= 0.3 is 0 Å². The Labute approximate surface area is 111 Å². The lowest BCUT2D eigenvalue weighted by Crippen LogP contribution is -2.48. The third-order valence-corrected chi connectivity index (χ3v) is 4.39. The number of nitrogen functional groups attached to an aromatic ring is 1. The zero-order valence-corrected chi connectivity index (χ0v) is 11.6. The zero-order chi connectivity index (χ0) is 13.3. The van der Waals surface area contributed by atoms with Gasteiger partial charge in [0.15, 0.2) is 5.82 Å². The Kier molecular flexibility index (Phi) is 3.65. The van der Waals surface area contributed by atoms with Gasteiger partial charge in [-0.05, 0) is 12.1 Å². The van der Waals surface area contributed by atoms with Gasteiger partial charge in [0, 0.05) is 26.2 Å². The summed E-state index contributed by atoms with van der Waals surface area (Å²) >= 11 is 5.84. The molecule has 2 N–H and O–H groups in total. The van der Waals surface area contributed by atoms with Crippen LogP contribution in [0, 0.1) is 0 Å². The molecule has 6 nitrogen and oxygen atoms in total. The lowest BCUT2D eigenvalue weighted by atomic mass is 10.3. The fourth-order valence-corrected chi connectivity index (χ4v) is 2.89. The Hall–Kier alpha value is -1.05. The summed E-state index contributed by atoms with van der Waals surface area (Å²) in [7, 11) is -3.12. The molecular formula is C10H15ClN4O2S. The maximum absolute atomic E-state index is 11.4. The second-order valence-corrected chi connectivity index (χ2v) is 6.57. The molecule has 0 spiro atoms. The smallest absolute Gasteiger partial charge is 0.211 e. The third-order valence-electron chi connectivity index (χ3n) is 2.88. The molecule has 8 heteroatoms. The van der Waals surface area contributed by atoms with Crippen molar-refractivity contribution in [3.8, 4) is 0 Å². The van der Waals surface area contributed by atoms with Gasteiger partial charge in [0.25, 0.3) is 0 Å². The molecule has 1 aliphatic heterocycles. The maximum atomic E-state index is 11.4. The molecule has 0 bridgehead atoms. The first kappa shape index (κ1) is 13.4. The number of nitrogens with zero attached hydrogens (tertiary/aromatic N) is 3. The minimum Gasteiger partial charge on any atom is -0.396 e. The molecule has 0 unspecified atom stereocenters. The number of sulfonamides is 1. The molecule has 0 atom stereocenters. The molecule has 2 heterocycles. The van der Waals surface area contributed by atoms with E-state index < -0.39 is 10.0 Å². The zero-order valence-electron chi connectivity index (χ0n) is 10.0. The van der Waals surface area contributed by atoms with Crippen molar-refractivity contribution in [2.45, 2.75) is 0 Å². The van der Waals surface area contributed by atoms with Gasteiger partial charge in [-0.15, -0.1) is 0 Å². The van der Waals surface area contributed by atoms with Crippen molar-refractivity contribution in [2.75, 3.05) is 43.1 Å². The first-order chi connectivity index (χ1) is 8.38. The molecule has 0 aliphatic carbocycles. The highest BCUT2D eigenvalue weighted by Gasteiger charge is 2.24. The van der Waals surface area contributed by atoms with Crippen molar-refractivity contribution in [3.05, 3.63) is 17.3 Å². The number of piperazine rings is 1. The van der Waals surface area contributed by atoms with Crippen molar-refractivity contribution in [3.63, 3.8) is 0 Å². The Morgan fingerprint density at radius 3 is 2.44 bits per heavy atom. The molecule has 0 aromatic carbocycles. The van der Waals surface area contributed by atoms with E-state index in [4.69, 9.17) is 17.3 Å². The second kappa shape index (κ2) is 4.91. The minimum absolute atomic E-state index is 0.379. The van der Waals surface area contributed by atoms with E-state index in [1.807, 2.05) is 4.90 Å². The van der Waals surface area contributed by atoms with Gasteiger partial charge in [-0.1, -0.05) is 11.6 Å². The summed E-state index contributed by atoms with van der Waals surface area (Å²) in [6.45, 7) is 1.99. The maximum Gasteiger partial charge on any atom is 0.211 e. The van der Waals surface area contributed by atoms with Gasteiger partial charge < -0.3 is 10.6 Å². The van der Waals surface area contributed by atoms with Gasteiger partial charge in [0.05, 0.1) is 11.9 Å². The Morgan fingerprint density at radius 1 is 1.28 bits per heavy atom. The molecule has 0 amide bonds. The molecule has 18 heavy (non-hydrogen) atoms. The van der Waals surface area contributed by atoms with Crippen LogP contribution in [0.5, 0.6) is 0 Å². The Morgan fingerprint density at radius 2 is 1.89 bits per heavy atom. The molecule has 1 saturated heterocycles. The van der Waals surface area contributed by atoms with Crippen LogP contribution in [-0.2, 0) is 10.0 Å². The van der Waals surface area contributed by atoms with Gasteiger partial charge in [-0.2, -0.15) is 4.31 Å². The van der Waals surface area contributed by atoms with Crippen LogP contribution < -0.4 is 10.6 Å². The summed E-state index contributed by atoms with van der Waals surface area (Å²) in [6.07, 6.45) is 1.22. The van der Waals surface area contributed by atoms with Crippen LogP contribution in [0.15, 0.2) is 12.1 Å². The van der Waals surface area contributed by atoms with Gasteiger partial charge in [-0.25, -0.2) is 13.4 Å². The first-order valence-electron chi connectivity index (χ1n) is 5.50. The lowest BCUT2D eigenvalue weighted by Gasteiger charge is -2.34. The van der Waals surface area contributed by atoms with Crippen LogP contribution in [0.2, 0.25) is 5.15 Å². The Bertz CT molecular complexity index is 541. The number of halogens is 1. The molecule has 1 fully saturated rings. The highest BCUT2D eigenvalue weighted by atomic mass is 35.5. The van der Waals surface area contributed by atoms with Crippen molar-refractivity contribution in [1.29, 1.82) is 0 Å². The summed E-state index contributed by atoms with van der Waals surface area (Å²) in [5, 5.41) is 0.379. The highest BCUT2D eigenvalue weighted by Crippen LogP contribution is 2.24. The van der Waals surface area contributed by atoms with Gasteiger partial charge in [0.1, 0.15) is 5.15 Å². The number of hydrogen-bond donors (Lipinski definition) is 1. The van der Waals surface area contributed by atoms with E-state index in [2.05, 4.69) is 4.98 Å². The van der Waals surface area contributed by atoms with Crippen LogP contribution in [0.4, 0.5) is 11.5 Å². The van der Waals surface area contributed by atoms with E-state index in [0.717, 1.165) is 0 Å². The summed E-state index contributed by atoms with van der Waals surface area (Å²) in [5.41, 5.74) is 6.39. The molecule has 0 radical (unpaired) electrons. The Balaban J connectivity index is 2.12. The number of aromatic nitrogens is 1. The largest absolute Gasteiger partial charge is 0.396 e. The van der Waals surface area contributed by atoms with Crippen LogP contribution in [-0.4, -0.2) is 50.1 Å². The van der Waals surface area contributed by atoms with Crippen molar-refractivity contribution in [1.82, 2.24) is 9.29 Å². The average molecular weight is 291 g/mol. The topological polar surface area (TPSA) is 79.5 Å². The summed E-state index contributed by atoms with van der Waals surface area (Å²) in [6, 6.07) is 3.33. The van der Waals surface area contributed by atoms with Gasteiger partial charge in [0.2, 0.25) is 10.0 Å². The van der Waals surface area contributed by atoms with Crippen molar-refractivity contribution < 1.29 is 8.42 Å². The molecule has 1 aromatic rings. The third kappa shape index (κ3) is 2.85. The SMILES string of the molecule is CS(=O)(=O)N1CCN(c2nc(Cl)ccc2N)CC1. The molecular weight excluding hydrogens is 276 g/mol. The minimum atomic E-state index is -3.12. The van der Waals surface area contributed by atoms with E-state index >= 15 is 0 Å². The van der Waals surface area contributed by atoms with Crippen molar-refractivity contribution >= 4 is 33.1 Å². The highest BCUT2D eigenvalue weighted by molar-refractivity contribution is 7.88. The lowest BCUT2D eigenvalue weighted by molar-refractivity contribution is 0.387. The number of anilines is 2. The first-order valence-corrected chi connectivity index (χ1v) is 7.72. The predicted molar refractivity (Wildman–Crippen MR) is 72.3 cm³/mol. The molecule has 1 aromatic heterocycles. The standard InChI is InChI=1S/C10H15ClN4O2S/c1-18(16,17)15-6-4-14(5-7-15)10-8(12)2-3-9(11)13-10/h2-3H,4-7,12H2,1H3. The molecule has 1 aliphatic rings. The summed E-state index contributed by atoms with van der Waals surface area (Å²) in [5.74, 6) is 0.621. The van der Waals surface area contributed by atoms with Crippen LogP contribution >= 0.6 is 11.6 Å². The number of rotatable bonds is 2. The van der Waals surface area contributed by atoms with E-state index in [1.54, 1.807) is 12.1 Å². The van der Waals surface area contributed by atoms with E-state index in [9.17, 15) is 8.42 Å². The van der Waals surface area contributed by atoms with Crippen LogP contribution in [0.1, 0.15) is 0 Å². The quantitative estimate of drug-likeness (QED) is 0.798. The molecule has 0 saturated carbocycles.